The summed E-state index contributed by atoms with van der Waals surface area (Å²) in [5, 5.41) is 35.2. The standard InChI is InChI=1S/C29H37N3O8S/c1-16-22-25(34)32(29(2,3)27(35)36)28(37)31(26(22)41-23(16)24-30-13-14-39-24)15-21(19-7-5-6-8-20(19)38-4)40-18-11-9-17(33)10-12-18/h5-8,13-14,17-18,21,24-25,30,33-34H,9-12,15H2,1-4H3,(H,35,36)/t17-,18+,21-,24?,25?/m0/s1. The molecule has 11 nitrogen and oxygen atoms in total. The largest absolute Gasteiger partial charge is 0.496 e. The average Bonchev–Trinajstić information content (AvgIpc) is 3.59. The van der Waals surface area contributed by atoms with Crippen LogP contribution in [0.5, 0.6) is 5.75 Å². The molecule has 0 spiro atoms. The van der Waals surface area contributed by atoms with Gasteiger partial charge in [-0.3, -0.25) is 9.80 Å². The number of nitrogens with zero attached hydrogens (tertiary/aromatic N) is 2. The summed E-state index contributed by atoms with van der Waals surface area (Å²) in [6.45, 7) is 4.67. The number of thiophene rings is 1. The molecule has 3 aliphatic rings. The number of benzene rings is 1. The number of nitrogens with one attached hydrogen (secondary N) is 1. The van der Waals surface area contributed by atoms with Crippen molar-refractivity contribution in [1.29, 1.82) is 0 Å². The zero-order valence-electron chi connectivity index (χ0n) is 23.6. The molecule has 0 bridgehead atoms. The van der Waals surface area contributed by atoms with E-state index < -0.39 is 36.1 Å². The maximum absolute atomic E-state index is 14.2. The zero-order valence-corrected chi connectivity index (χ0v) is 24.4. The van der Waals surface area contributed by atoms with Crippen molar-refractivity contribution in [2.24, 2.45) is 0 Å². The fraction of sp³-hybridized carbons (Fsp3) is 0.517. The molecule has 0 radical (unpaired) electrons. The van der Waals surface area contributed by atoms with Crippen LogP contribution in [0.25, 0.3) is 0 Å². The molecule has 1 fully saturated rings. The lowest BCUT2D eigenvalue weighted by Gasteiger charge is -2.46. The van der Waals surface area contributed by atoms with Gasteiger partial charge in [0.1, 0.15) is 28.7 Å². The van der Waals surface area contributed by atoms with Gasteiger partial charge in [-0.25, -0.2) is 9.59 Å². The number of carboxylic acids is 1. The van der Waals surface area contributed by atoms with E-state index in [-0.39, 0.29) is 18.8 Å². The van der Waals surface area contributed by atoms with E-state index in [4.69, 9.17) is 14.2 Å². The van der Waals surface area contributed by atoms with Gasteiger partial charge in [-0.05, 0) is 58.1 Å². The van der Waals surface area contributed by atoms with Gasteiger partial charge in [0.05, 0.1) is 30.7 Å². The second kappa shape index (κ2) is 11.5. The summed E-state index contributed by atoms with van der Waals surface area (Å²) in [7, 11) is 1.57. The van der Waals surface area contributed by atoms with Crippen molar-refractivity contribution >= 4 is 28.3 Å². The van der Waals surface area contributed by atoms with Crippen LogP contribution in [0.4, 0.5) is 9.80 Å². The molecule has 1 saturated carbocycles. The van der Waals surface area contributed by atoms with Crippen molar-refractivity contribution in [3.05, 3.63) is 58.3 Å². The van der Waals surface area contributed by atoms with Gasteiger partial charge in [0.2, 0.25) is 6.23 Å². The van der Waals surface area contributed by atoms with Crippen molar-refractivity contribution in [2.45, 2.75) is 82.8 Å². The third-order valence-electron chi connectivity index (χ3n) is 8.12. The Morgan fingerprint density at radius 2 is 1.93 bits per heavy atom. The number of aliphatic hydroxyl groups is 2. The Labute approximate surface area is 242 Å². The number of urea groups is 1. The number of hydrogen-bond acceptors (Lipinski definition) is 9. The first-order valence-corrected chi connectivity index (χ1v) is 14.5. The number of carboxylic acid groups (broad SMARTS) is 1. The molecule has 1 aromatic heterocycles. The van der Waals surface area contributed by atoms with Crippen molar-refractivity contribution in [2.75, 3.05) is 18.6 Å². The Morgan fingerprint density at radius 1 is 1.22 bits per heavy atom. The fourth-order valence-electron chi connectivity index (χ4n) is 5.69. The van der Waals surface area contributed by atoms with Gasteiger partial charge in [-0.15, -0.1) is 11.3 Å². The molecule has 1 aliphatic carbocycles. The van der Waals surface area contributed by atoms with Gasteiger partial charge in [0, 0.05) is 17.3 Å². The Morgan fingerprint density at radius 3 is 2.56 bits per heavy atom. The fourth-order valence-corrected chi connectivity index (χ4v) is 7.02. The first kappa shape index (κ1) is 29.2. The highest BCUT2D eigenvalue weighted by Gasteiger charge is 2.50. The molecule has 3 atom stereocenters. The third kappa shape index (κ3) is 5.36. The second-order valence-corrected chi connectivity index (χ2v) is 12.1. The maximum Gasteiger partial charge on any atom is 0.329 e. The van der Waals surface area contributed by atoms with Crippen molar-refractivity contribution in [3.8, 4) is 5.75 Å². The number of methoxy groups -OCH3 is 1. The summed E-state index contributed by atoms with van der Waals surface area (Å²) in [5.41, 5.74) is 0.184. The molecule has 3 heterocycles. The molecule has 2 aromatic rings. The number of aliphatic hydroxyl groups excluding tert-OH is 2. The van der Waals surface area contributed by atoms with E-state index in [9.17, 15) is 24.9 Å². The van der Waals surface area contributed by atoms with Crippen molar-refractivity contribution in [1.82, 2.24) is 10.2 Å². The van der Waals surface area contributed by atoms with Gasteiger partial charge in [-0.1, -0.05) is 18.2 Å². The van der Waals surface area contributed by atoms with Crippen LogP contribution in [-0.2, 0) is 14.3 Å². The van der Waals surface area contributed by atoms with Crippen LogP contribution >= 0.6 is 11.3 Å². The van der Waals surface area contributed by atoms with Crippen LogP contribution in [0.3, 0.4) is 0 Å². The lowest BCUT2D eigenvalue weighted by Crippen LogP contribution is -2.61. The van der Waals surface area contributed by atoms with E-state index >= 15 is 0 Å². The molecular formula is C29H37N3O8S. The van der Waals surface area contributed by atoms with E-state index in [1.165, 1.54) is 36.3 Å². The lowest BCUT2D eigenvalue weighted by molar-refractivity contribution is -0.153. The highest BCUT2D eigenvalue weighted by molar-refractivity contribution is 7.16. The number of aliphatic carboxylic acids is 1. The number of carbonyl (C=O) groups excluding carboxylic acids is 1. The van der Waals surface area contributed by atoms with Crippen LogP contribution in [-0.4, -0.2) is 63.6 Å². The van der Waals surface area contributed by atoms with Gasteiger partial charge >= 0.3 is 12.0 Å². The number of hydrogen-bond donors (Lipinski definition) is 4. The van der Waals surface area contributed by atoms with Crippen LogP contribution in [0.2, 0.25) is 0 Å². The summed E-state index contributed by atoms with van der Waals surface area (Å²) in [6.07, 6.45) is 2.68. The highest BCUT2D eigenvalue weighted by Crippen LogP contribution is 2.49. The number of para-hydroxylation sites is 1. The number of ether oxygens (including phenoxy) is 3. The predicted octanol–water partition coefficient (Wildman–Crippen LogP) is 4.31. The first-order valence-electron chi connectivity index (χ1n) is 13.7. The van der Waals surface area contributed by atoms with Crippen molar-refractivity contribution < 1.29 is 39.1 Å². The molecule has 41 heavy (non-hydrogen) atoms. The Hall–Kier alpha value is -3.32. The number of rotatable bonds is 9. The molecule has 2 unspecified atom stereocenters. The van der Waals surface area contributed by atoms with Crippen LogP contribution < -0.4 is 15.0 Å². The number of anilines is 1. The van der Waals surface area contributed by atoms with Crippen LogP contribution in [0.1, 0.15) is 79.7 Å². The molecule has 0 saturated heterocycles. The monoisotopic (exact) mass is 587 g/mol. The lowest BCUT2D eigenvalue weighted by atomic mass is 9.94. The molecule has 12 heteroatoms. The number of amides is 2. The minimum absolute atomic E-state index is 0.0424. The minimum atomic E-state index is -1.72. The molecule has 5 rings (SSSR count). The van der Waals surface area contributed by atoms with E-state index in [0.29, 0.717) is 47.6 Å². The predicted molar refractivity (Wildman–Crippen MR) is 151 cm³/mol. The average molecular weight is 588 g/mol. The van der Waals surface area contributed by atoms with Crippen LogP contribution in [0.15, 0.2) is 36.7 Å². The summed E-state index contributed by atoms with van der Waals surface area (Å²) in [6, 6.07) is 6.79. The number of fused-ring (bicyclic) bond motifs is 1. The van der Waals surface area contributed by atoms with Gasteiger partial charge in [-0.2, -0.15) is 0 Å². The molecule has 222 valence electrons. The Balaban J connectivity index is 1.59. The minimum Gasteiger partial charge on any atom is -0.496 e. The Kier molecular flexibility index (Phi) is 8.20. The van der Waals surface area contributed by atoms with E-state index in [2.05, 4.69) is 5.32 Å². The van der Waals surface area contributed by atoms with Crippen molar-refractivity contribution in [3.63, 3.8) is 0 Å². The van der Waals surface area contributed by atoms with Crippen LogP contribution in [0, 0.1) is 6.92 Å². The summed E-state index contributed by atoms with van der Waals surface area (Å²) in [4.78, 5) is 29.8. The zero-order chi connectivity index (χ0) is 29.5. The Bertz CT molecular complexity index is 1310. The van der Waals surface area contributed by atoms with E-state index in [1.807, 2.05) is 31.2 Å². The molecule has 2 aliphatic heterocycles. The quantitative estimate of drug-likeness (QED) is 0.338. The van der Waals surface area contributed by atoms with E-state index in [1.54, 1.807) is 13.3 Å². The topological polar surface area (TPSA) is 141 Å². The van der Waals surface area contributed by atoms with Gasteiger partial charge in [0.25, 0.3) is 0 Å². The SMILES string of the molecule is COc1ccccc1[C@H](CN1C(=O)N(C(C)(C)C(=O)O)C(O)c2c1sc(C1NC=CO1)c2C)O[C@H]1CC[C@@H](O)CC1. The smallest absolute Gasteiger partial charge is 0.329 e. The molecule has 1 aromatic carbocycles. The normalized spacial score (nSPS) is 25.0. The molecule has 4 N–H and O–H groups in total. The van der Waals surface area contributed by atoms with Gasteiger partial charge < -0.3 is 34.8 Å². The van der Waals surface area contributed by atoms with Gasteiger partial charge in [0.15, 0.2) is 6.23 Å². The summed E-state index contributed by atoms with van der Waals surface area (Å²) >= 11 is 1.31. The second-order valence-electron chi connectivity index (χ2n) is 11.1. The maximum atomic E-state index is 14.2. The molecular weight excluding hydrogens is 550 g/mol. The summed E-state index contributed by atoms with van der Waals surface area (Å²) < 4.78 is 18.0. The third-order valence-corrected chi connectivity index (χ3v) is 9.50. The number of carbonyl (C=O) groups is 2. The summed E-state index contributed by atoms with van der Waals surface area (Å²) in [5.74, 6) is -0.650. The van der Waals surface area contributed by atoms with E-state index in [0.717, 1.165) is 15.3 Å². The first-order chi connectivity index (χ1) is 19.5. The highest BCUT2D eigenvalue weighted by atomic mass is 32.1. The molecule has 2 amide bonds.